The standard InChI is InChI=1S/C21H27N2/c1-6-21(4)11-10-15-18(19(21)22-5)13-12-23-16-9-7-8-14(17(13)16)20(15,2)3/h6-9,12,15,18-19,23H,1,10-11H2,2-5H3/q-1/t15-,18+,19-,21-/m1/s1. The van der Waals surface area contributed by atoms with Gasteiger partial charge in [-0.3, -0.25) is 0 Å². The van der Waals surface area contributed by atoms with Crippen LogP contribution in [0.25, 0.3) is 16.2 Å². The lowest BCUT2D eigenvalue weighted by Crippen LogP contribution is -2.49. The van der Waals surface area contributed by atoms with Gasteiger partial charge in [0.25, 0.3) is 0 Å². The summed E-state index contributed by atoms with van der Waals surface area (Å²) in [7, 11) is 1.99. The van der Waals surface area contributed by atoms with Crippen molar-refractivity contribution in [1.29, 1.82) is 0 Å². The molecule has 4 rings (SSSR count). The van der Waals surface area contributed by atoms with Gasteiger partial charge < -0.3 is 10.3 Å². The van der Waals surface area contributed by atoms with Crippen LogP contribution in [0.15, 0.2) is 37.1 Å². The summed E-state index contributed by atoms with van der Waals surface area (Å²) in [6.07, 6.45) is 6.82. The maximum absolute atomic E-state index is 4.88. The number of H-pyrrole nitrogens is 1. The van der Waals surface area contributed by atoms with Gasteiger partial charge in [0.1, 0.15) is 0 Å². The average Bonchev–Trinajstić information content (AvgIpc) is 2.97. The zero-order chi connectivity index (χ0) is 16.4. The topological polar surface area (TPSA) is 29.9 Å². The maximum atomic E-state index is 4.88. The minimum Gasteiger partial charge on any atom is -0.661 e. The van der Waals surface area contributed by atoms with Crippen molar-refractivity contribution in [2.24, 2.45) is 11.3 Å². The Bertz CT molecular complexity index is 769. The van der Waals surface area contributed by atoms with Gasteiger partial charge in [-0.1, -0.05) is 39.0 Å². The number of aromatic amines is 1. The van der Waals surface area contributed by atoms with Crippen LogP contribution in [0, 0.1) is 11.3 Å². The maximum Gasteiger partial charge on any atom is 0.0459 e. The molecule has 0 aliphatic heterocycles. The molecule has 4 atom stereocenters. The highest BCUT2D eigenvalue weighted by Crippen LogP contribution is 2.60. The van der Waals surface area contributed by atoms with Gasteiger partial charge in [0.05, 0.1) is 0 Å². The van der Waals surface area contributed by atoms with E-state index in [4.69, 9.17) is 5.32 Å². The lowest BCUT2D eigenvalue weighted by Gasteiger charge is -2.60. The number of aromatic nitrogens is 1. The normalized spacial score (nSPS) is 35.0. The largest absolute Gasteiger partial charge is 0.661 e. The van der Waals surface area contributed by atoms with Crippen molar-refractivity contribution in [1.82, 2.24) is 4.98 Å². The third-order valence-corrected chi connectivity index (χ3v) is 6.90. The monoisotopic (exact) mass is 307 g/mol. The minimum atomic E-state index is 0.0991. The van der Waals surface area contributed by atoms with Crippen LogP contribution in [0.5, 0.6) is 0 Å². The molecule has 0 bridgehead atoms. The van der Waals surface area contributed by atoms with Crippen molar-refractivity contribution in [3.63, 3.8) is 0 Å². The highest BCUT2D eigenvalue weighted by Gasteiger charge is 2.50. The molecule has 1 aromatic heterocycles. The van der Waals surface area contributed by atoms with Crippen molar-refractivity contribution >= 4 is 10.9 Å². The van der Waals surface area contributed by atoms with E-state index in [1.165, 1.54) is 34.9 Å². The molecular weight excluding hydrogens is 280 g/mol. The number of fused-ring (bicyclic) bond motifs is 2. The molecule has 2 nitrogen and oxygen atoms in total. The van der Waals surface area contributed by atoms with Crippen molar-refractivity contribution in [2.45, 2.75) is 51.0 Å². The first kappa shape index (κ1) is 15.0. The van der Waals surface area contributed by atoms with Gasteiger partial charge in [0.2, 0.25) is 0 Å². The Morgan fingerprint density at radius 1 is 1.30 bits per heavy atom. The Kier molecular flexibility index (Phi) is 3.09. The highest BCUT2D eigenvalue weighted by molar-refractivity contribution is 5.89. The first-order chi connectivity index (χ1) is 10.9. The van der Waals surface area contributed by atoms with E-state index in [1.807, 2.05) is 7.05 Å². The van der Waals surface area contributed by atoms with Gasteiger partial charge in [-0.15, -0.1) is 12.6 Å². The van der Waals surface area contributed by atoms with Crippen molar-refractivity contribution in [3.05, 3.63) is 53.5 Å². The second-order valence-corrected chi connectivity index (χ2v) is 8.28. The number of rotatable bonds is 2. The molecule has 1 saturated carbocycles. The number of likely N-dealkylation sites (N-methyl/N-ethyl adjacent to an activating group) is 1. The van der Waals surface area contributed by atoms with E-state index in [1.54, 1.807) is 0 Å². The molecule has 23 heavy (non-hydrogen) atoms. The number of nitrogens with zero attached hydrogens (tertiary/aromatic N) is 1. The van der Waals surface area contributed by atoms with Crippen LogP contribution in [0.1, 0.15) is 50.7 Å². The molecule has 0 radical (unpaired) electrons. The third-order valence-electron chi connectivity index (χ3n) is 6.90. The van der Waals surface area contributed by atoms with Crippen LogP contribution in [-0.4, -0.2) is 18.1 Å². The SMILES string of the molecule is C=C[C@]1(C)CC[C@@H]2[C@H](c3c[nH]c4cccc(c34)C2(C)C)[C@H]1[N-]C. The summed E-state index contributed by atoms with van der Waals surface area (Å²) in [5, 5.41) is 6.32. The molecule has 122 valence electrons. The molecule has 1 heterocycles. The van der Waals surface area contributed by atoms with Crippen LogP contribution in [0.4, 0.5) is 0 Å². The number of benzene rings is 1. The van der Waals surface area contributed by atoms with Gasteiger partial charge in [-0.25, -0.2) is 0 Å². The van der Waals surface area contributed by atoms with E-state index in [9.17, 15) is 0 Å². The Hall–Kier alpha value is -1.54. The fraction of sp³-hybridized carbons (Fsp3) is 0.524. The Balaban J connectivity index is 2.00. The number of hydrogen-bond acceptors (Lipinski definition) is 0. The zero-order valence-corrected chi connectivity index (χ0v) is 14.7. The van der Waals surface area contributed by atoms with Crippen LogP contribution in [0.2, 0.25) is 0 Å². The molecule has 2 aromatic rings. The summed E-state index contributed by atoms with van der Waals surface area (Å²) in [6.45, 7) is 11.3. The lowest BCUT2D eigenvalue weighted by molar-refractivity contribution is 0.116. The number of nitrogens with one attached hydrogen (secondary N) is 1. The Morgan fingerprint density at radius 2 is 2.09 bits per heavy atom. The van der Waals surface area contributed by atoms with Gasteiger partial charge in [-0.05, 0) is 52.7 Å². The molecule has 0 saturated heterocycles. The third kappa shape index (κ3) is 1.79. The lowest BCUT2D eigenvalue weighted by atomic mass is 9.51. The van der Waals surface area contributed by atoms with E-state index >= 15 is 0 Å². The molecule has 1 aromatic carbocycles. The van der Waals surface area contributed by atoms with Crippen LogP contribution in [0.3, 0.4) is 0 Å². The predicted molar refractivity (Wildman–Crippen MR) is 98.2 cm³/mol. The van der Waals surface area contributed by atoms with Crippen molar-refractivity contribution in [2.75, 3.05) is 7.05 Å². The summed E-state index contributed by atoms with van der Waals surface area (Å²) < 4.78 is 0. The first-order valence-electron chi connectivity index (χ1n) is 8.77. The summed E-state index contributed by atoms with van der Waals surface area (Å²) >= 11 is 0. The summed E-state index contributed by atoms with van der Waals surface area (Å²) in [5.41, 5.74) is 4.53. The predicted octanol–water partition coefficient (Wildman–Crippen LogP) is 5.52. The molecule has 2 aliphatic rings. The van der Waals surface area contributed by atoms with Gasteiger partial charge >= 0.3 is 0 Å². The minimum absolute atomic E-state index is 0.0991. The molecule has 1 N–H and O–H groups in total. The molecule has 0 unspecified atom stereocenters. The fourth-order valence-electron chi connectivity index (χ4n) is 5.51. The smallest absolute Gasteiger partial charge is 0.0459 e. The van der Waals surface area contributed by atoms with Crippen molar-refractivity contribution < 1.29 is 0 Å². The van der Waals surface area contributed by atoms with E-state index < -0.39 is 0 Å². The Morgan fingerprint density at radius 3 is 2.78 bits per heavy atom. The van der Waals surface area contributed by atoms with Gasteiger partial charge in [0, 0.05) is 17.1 Å². The molecule has 0 amide bonds. The van der Waals surface area contributed by atoms with Gasteiger partial charge in [-0.2, -0.15) is 7.05 Å². The van der Waals surface area contributed by atoms with E-state index in [-0.39, 0.29) is 10.8 Å². The van der Waals surface area contributed by atoms with E-state index in [0.717, 1.165) is 0 Å². The molecule has 1 fully saturated rings. The van der Waals surface area contributed by atoms with E-state index in [2.05, 4.69) is 62.8 Å². The van der Waals surface area contributed by atoms with Gasteiger partial charge in [0.15, 0.2) is 0 Å². The molecular formula is C21H27N2-. The highest BCUT2D eigenvalue weighted by atomic mass is 14.9. The quantitative estimate of drug-likeness (QED) is 0.708. The summed E-state index contributed by atoms with van der Waals surface area (Å²) in [5.74, 6) is 1.12. The van der Waals surface area contributed by atoms with Crippen LogP contribution in [-0.2, 0) is 5.41 Å². The summed E-state index contributed by atoms with van der Waals surface area (Å²) in [4.78, 5) is 3.51. The zero-order valence-electron chi connectivity index (χ0n) is 14.7. The average molecular weight is 307 g/mol. The molecule has 2 heteroatoms. The van der Waals surface area contributed by atoms with E-state index in [0.29, 0.717) is 17.9 Å². The number of hydrogen-bond donors (Lipinski definition) is 1. The second-order valence-electron chi connectivity index (χ2n) is 8.28. The molecule has 0 spiro atoms. The Labute approximate surface area is 139 Å². The van der Waals surface area contributed by atoms with Crippen LogP contribution >= 0.6 is 0 Å². The van der Waals surface area contributed by atoms with Crippen LogP contribution < -0.4 is 0 Å². The molecule has 2 aliphatic carbocycles. The first-order valence-corrected chi connectivity index (χ1v) is 8.77. The summed E-state index contributed by atoms with van der Waals surface area (Å²) in [6, 6.07) is 7.03. The second kappa shape index (κ2) is 4.73. The fourth-order valence-corrected chi connectivity index (χ4v) is 5.51. The van der Waals surface area contributed by atoms with Crippen molar-refractivity contribution in [3.8, 4) is 0 Å².